The number of aliphatic hydroxyl groups excluding tert-OH is 1. The molecular formula is C16H17N5O2. The average molecular weight is 311 g/mol. The van der Waals surface area contributed by atoms with Crippen molar-refractivity contribution in [1.82, 2.24) is 15.0 Å². The molecule has 3 aromatic rings. The highest BCUT2D eigenvalue weighted by molar-refractivity contribution is 5.99. The van der Waals surface area contributed by atoms with Crippen LogP contribution in [0.4, 0.5) is 5.95 Å². The van der Waals surface area contributed by atoms with E-state index in [2.05, 4.69) is 25.5 Å². The average Bonchev–Trinajstić information content (AvgIpc) is 2.94. The lowest BCUT2D eigenvalue weighted by Gasteiger charge is -2.05. The number of rotatable bonds is 5. The first-order valence-electron chi connectivity index (χ1n) is 7.25. The molecule has 4 N–H and O–H groups in total. The summed E-state index contributed by atoms with van der Waals surface area (Å²) >= 11 is 0. The van der Waals surface area contributed by atoms with Gasteiger partial charge in [0, 0.05) is 41.3 Å². The molecule has 118 valence electrons. The number of aliphatic hydroxyl groups is 1. The first-order chi connectivity index (χ1) is 11.2. The highest BCUT2D eigenvalue weighted by Gasteiger charge is 2.07. The molecule has 7 heteroatoms. The Kier molecular flexibility index (Phi) is 4.20. The fourth-order valence-corrected chi connectivity index (χ4v) is 2.43. The number of benzene rings is 1. The standard InChI is InChI=1S/C16H17N5O2/c1-10-12(6-7-22)15(23)20-16(19-10)21-18-9-11-8-17-14-5-3-2-4-13(11)14/h2-5,8-9,17,22H,6-7H2,1H3,(H2,19,20,21,23)/b18-9-. The topological polar surface area (TPSA) is 106 Å². The number of aryl methyl sites for hydroxylation is 1. The molecule has 0 amide bonds. The molecule has 0 atom stereocenters. The maximum absolute atomic E-state index is 11.9. The van der Waals surface area contributed by atoms with Gasteiger partial charge in [0.25, 0.3) is 5.56 Å². The first kappa shape index (κ1) is 15.0. The number of nitrogens with zero attached hydrogens (tertiary/aromatic N) is 2. The third-order valence-corrected chi connectivity index (χ3v) is 3.58. The minimum atomic E-state index is -0.267. The minimum absolute atomic E-state index is 0.0862. The number of para-hydroxylation sites is 1. The first-order valence-corrected chi connectivity index (χ1v) is 7.25. The van der Waals surface area contributed by atoms with Crippen LogP contribution in [-0.2, 0) is 6.42 Å². The second-order valence-electron chi connectivity index (χ2n) is 5.11. The summed E-state index contributed by atoms with van der Waals surface area (Å²) in [5.74, 6) is 0.269. The zero-order valence-electron chi connectivity index (χ0n) is 12.6. The molecule has 0 saturated heterocycles. The van der Waals surface area contributed by atoms with Gasteiger partial charge in [0.2, 0.25) is 5.95 Å². The van der Waals surface area contributed by atoms with Gasteiger partial charge in [0.05, 0.1) is 11.9 Å². The minimum Gasteiger partial charge on any atom is -0.396 e. The molecule has 2 aromatic heterocycles. The highest BCUT2D eigenvalue weighted by atomic mass is 16.3. The van der Waals surface area contributed by atoms with Crippen LogP contribution >= 0.6 is 0 Å². The van der Waals surface area contributed by atoms with Crippen molar-refractivity contribution < 1.29 is 5.11 Å². The third-order valence-electron chi connectivity index (χ3n) is 3.58. The molecule has 0 aliphatic heterocycles. The van der Waals surface area contributed by atoms with Gasteiger partial charge in [0.15, 0.2) is 0 Å². The Morgan fingerprint density at radius 2 is 2.22 bits per heavy atom. The van der Waals surface area contributed by atoms with E-state index >= 15 is 0 Å². The summed E-state index contributed by atoms with van der Waals surface area (Å²) in [5, 5.41) is 14.1. The van der Waals surface area contributed by atoms with Crippen LogP contribution < -0.4 is 11.0 Å². The van der Waals surface area contributed by atoms with Crippen molar-refractivity contribution >= 4 is 23.1 Å². The molecule has 0 radical (unpaired) electrons. The largest absolute Gasteiger partial charge is 0.396 e. The van der Waals surface area contributed by atoms with Gasteiger partial charge in [-0.3, -0.25) is 9.78 Å². The normalized spacial score (nSPS) is 11.4. The van der Waals surface area contributed by atoms with E-state index in [1.807, 2.05) is 30.5 Å². The molecule has 1 aromatic carbocycles. The van der Waals surface area contributed by atoms with Crippen LogP contribution in [0.3, 0.4) is 0 Å². The molecule has 0 aliphatic carbocycles. The van der Waals surface area contributed by atoms with Crippen molar-refractivity contribution in [3.8, 4) is 0 Å². The SMILES string of the molecule is Cc1nc(N/N=C\c2c[nH]c3ccccc23)[nH]c(=O)c1CCO. The smallest absolute Gasteiger partial charge is 0.255 e. The predicted molar refractivity (Wildman–Crippen MR) is 89.9 cm³/mol. The molecule has 0 spiro atoms. The molecule has 2 heterocycles. The van der Waals surface area contributed by atoms with E-state index < -0.39 is 0 Å². The zero-order chi connectivity index (χ0) is 16.2. The predicted octanol–water partition coefficient (Wildman–Crippen LogP) is 1.54. The van der Waals surface area contributed by atoms with Crippen molar-refractivity contribution in [1.29, 1.82) is 0 Å². The Labute approximate surface area is 132 Å². The molecule has 0 unspecified atom stereocenters. The number of hydrazone groups is 1. The number of anilines is 1. The summed E-state index contributed by atoms with van der Waals surface area (Å²) in [7, 11) is 0. The number of hydrogen-bond donors (Lipinski definition) is 4. The summed E-state index contributed by atoms with van der Waals surface area (Å²) in [5.41, 5.74) is 5.49. The van der Waals surface area contributed by atoms with Crippen molar-refractivity contribution in [2.45, 2.75) is 13.3 Å². The lowest BCUT2D eigenvalue weighted by atomic mass is 10.2. The molecule has 3 rings (SSSR count). The Bertz CT molecular complexity index is 910. The zero-order valence-corrected chi connectivity index (χ0v) is 12.6. The lowest BCUT2D eigenvalue weighted by molar-refractivity contribution is 0.298. The van der Waals surface area contributed by atoms with Gasteiger partial charge in [0.1, 0.15) is 0 Å². The van der Waals surface area contributed by atoms with Crippen LogP contribution in [0.1, 0.15) is 16.8 Å². The number of hydrogen-bond acceptors (Lipinski definition) is 5. The van der Waals surface area contributed by atoms with Gasteiger partial charge in [-0.1, -0.05) is 18.2 Å². The van der Waals surface area contributed by atoms with Crippen LogP contribution in [0.25, 0.3) is 10.9 Å². The summed E-state index contributed by atoms with van der Waals surface area (Å²) in [6, 6.07) is 7.91. The monoisotopic (exact) mass is 311 g/mol. The van der Waals surface area contributed by atoms with Crippen molar-refractivity contribution in [3.63, 3.8) is 0 Å². The number of aromatic amines is 2. The van der Waals surface area contributed by atoms with E-state index in [0.29, 0.717) is 11.3 Å². The van der Waals surface area contributed by atoms with Crippen molar-refractivity contribution in [3.05, 3.63) is 57.6 Å². The molecule has 0 bridgehead atoms. The van der Waals surface area contributed by atoms with Crippen LogP contribution in [0.5, 0.6) is 0 Å². The number of H-pyrrole nitrogens is 2. The summed E-state index contributed by atoms with van der Waals surface area (Å²) < 4.78 is 0. The van der Waals surface area contributed by atoms with E-state index in [1.54, 1.807) is 13.1 Å². The van der Waals surface area contributed by atoms with Gasteiger partial charge in [-0.2, -0.15) is 5.10 Å². The molecular weight excluding hydrogens is 294 g/mol. The molecule has 0 fully saturated rings. The van der Waals surface area contributed by atoms with E-state index in [1.165, 1.54) is 0 Å². The number of fused-ring (bicyclic) bond motifs is 1. The maximum Gasteiger partial charge on any atom is 0.255 e. The number of aromatic nitrogens is 3. The van der Waals surface area contributed by atoms with E-state index in [4.69, 9.17) is 5.11 Å². The lowest BCUT2D eigenvalue weighted by Crippen LogP contribution is -2.19. The van der Waals surface area contributed by atoms with Crippen LogP contribution in [0, 0.1) is 6.92 Å². The summed E-state index contributed by atoms with van der Waals surface area (Å²) in [6.07, 6.45) is 3.81. The summed E-state index contributed by atoms with van der Waals surface area (Å²) in [4.78, 5) is 21.9. The number of nitrogens with one attached hydrogen (secondary N) is 3. The quantitative estimate of drug-likeness (QED) is 0.423. The second-order valence-corrected chi connectivity index (χ2v) is 5.11. The Balaban J connectivity index is 1.79. The van der Waals surface area contributed by atoms with Gasteiger partial charge < -0.3 is 10.1 Å². The van der Waals surface area contributed by atoms with Gasteiger partial charge in [-0.05, 0) is 13.0 Å². The van der Waals surface area contributed by atoms with Gasteiger partial charge >= 0.3 is 0 Å². The molecule has 0 saturated carbocycles. The van der Waals surface area contributed by atoms with Crippen molar-refractivity contribution in [2.24, 2.45) is 5.10 Å². The van der Waals surface area contributed by atoms with Gasteiger partial charge in [-0.25, -0.2) is 10.4 Å². The fourth-order valence-electron chi connectivity index (χ4n) is 2.43. The second kappa shape index (κ2) is 6.45. The van der Waals surface area contributed by atoms with E-state index in [0.717, 1.165) is 16.5 Å². The Morgan fingerprint density at radius 1 is 1.39 bits per heavy atom. The molecule has 23 heavy (non-hydrogen) atoms. The Hall–Kier alpha value is -2.93. The maximum atomic E-state index is 11.9. The van der Waals surface area contributed by atoms with Crippen molar-refractivity contribution in [2.75, 3.05) is 12.0 Å². The third kappa shape index (κ3) is 3.14. The molecule has 0 aliphatic rings. The summed E-state index contributed by atoms with van der Waals surface area (Å²) in [6.45, 7) is 1.64. The van der Waals surface area contributed by atoms with Crippen LogP contribution in [0.2, 0.25) is 0 Å². The van der Waals surface area contributed by atoms with Crippen LogP contribution in [-0.4, -0.2) is 32.9 Å². The highest BCUT2D eigenvalue weighted by Crippen LogP contribution is 2.15. The van der Waals surface area contributed by atoms with E-state index in [9.17, 15) is 4.79 Å². The Morgan fingerprint density at radius 3 is 3.00 bits per heavy atom. The van der Waals surface area contributed by atoms with Gasteiger partial charge in [-0.15, -0.1) is 0 Å². The molecule has 7 nitrogen and oxygen atoms in total. The fraction of sp³-hybridized carbons (Fsp3) is 0.188. The van der Waals surface area contributed by atoms with Crippen LogP contribution in [0.15, 0.2) is 40.4 Å². The van der Waals surface area contributed by atoms with E-state index in [-0.39, 0.29) is 24.5 Å².